The van der Waals surface area contributed by atoms with Gasteiger partial charge in [-0.15, -0.1) is 0 Å². The van der Waals surface area contributed by atoms with E-state index >= 15 is 0 Å². The first-order valence-electron chi connectivity index (χ1n) is 9.31. The van der Waals surface area contributed by atoms with E-state index in [1.807, 2.05) is 30.3 Å². The normalized spacial score (nSPS) is 12.0. The third-order valence-corrected chi connectivity index (χ3v) is 5.77. The van der Waals surface area contributed by atoms with E-state index < -0.39 is 5.25 Å². The summed E-state index contributed by atoms with van der Waals surface area (Å²) in [6.45, 7) is 1.73. The molecule has 2 heterocycles. The number of methoxy groups -OCH3 is 1. The highest BCUT2D eigenvalue weighted by atomic mass is 35.5. The second-order valence-corrected chi connectivity index (χ2v) is 8.34. The molecule has 0 bridgehead atoms. The zero-order valence-electron chi connectivity index (χ0n) is 16.6. The number of hydrogen-bond donors (Lipinski definition) is 2. The van der Waals surface area contributed by atoms with Crippen LogP contribution in [0.3, 0.4) is 0 Å². The van der Waals surface area contributed by atoms with Crippen molar-refractivity contribution in [3.8, 4) is 11.4 Å². The number of amides is 1. The Labute approximate surface area is 186 Å². The Balaban J connectivity index is 1.55. The molecule has 1 amide bonds. The van der Waals surface area contributed by atoms with Crippen molar-refractivity contribution < 1.29 is 9.53 Å². The van der Waals surface area contributed by atoms with Crippen molar-refractivity contribution in [2.75, 3.05) is 12.4 Å². The van der Waals surface area contributed by atoms with E-state index in [9.17, 15) is 9.59 Å². The Hall–Kier alpha value is -3.30. The molecule has 0 aliphatic heterocycles. The van der Waals surface area contributed by atoms with E-state index in [0.29, 0.717) is 32.6 Å². The van der Waals surface area contributed by atoms with Crippen LogP contribution in [0.4, 0.5) is 5.69 Å². The van der Waals surface area contributed by atoms with Crippen molar-refractivity contribution in [1.29, 1.82) is 0 Å². The fourth-order valence-corrected chi connectivity index (χ4v) is 3.97. The fraction of sp³-hybridized carbons (Fsp3) is 0.143. The Kier molecular flexibility index (Phi) is 5.97. The minimum Gasteiger partial charge on any atom is -0.495 e. The third-order valence-electron chi connectivity index (χ3n) is 4.49. The van der Waals surface area contributed by atoms with E-state index in [4.69, 9.17) is 16.3 Å². The van der Waals surface area contributed by atoms with Crippen LogP contribution >= 0.6 is 23.4 Å². The monoisotopic (exact) mass is 455 g/mol. The maximum atomic E-state index is 12.6. The number of H-pyrrole nitrogens is 1. The molecule has 2 aromatic heterocycles. The number of ether oxygens (including phenoxy) is 1. The molecule has 0 unspecified atom stereocenters. The first-order chi connectivity index (χ1) is 15.0. The number of nitrogens with zero attached hydrogens (tertiary/aromatic N) is 3. The summed E-state index contributed by atoms with van der Waals surface area (Å²) in [5, 5.41) is 7.64. The van der Waals surface area contributed by atoms with E-state index in [-0.39, 0.29) is 11.5 Å². The van der Waals surface area contributed by atoms with Crippen LogP contribution in [0.15, 0.2) is 64.7 Å². The molecule has 0 spiro atoms. The Morgan fingerprint density at radius 1 is 1.26 bits per heavy atom. The van der Waals surface area contributed by atoms with Gasteiger partial charge in [-0.2, -0.15) is 5.10 Å². The van der Waals surface area contributed by atoms with E-state index in [2.05, 4.69) is 20.4 Å². The summed E-state index contributed by atoms with van der Waals surface area (Å²) in [6.07, 6.45) is 1.48. The van der Waals surface area contributed by atoms with Crippen LogP contribution < -0.4 is 15.6 Å². The molecule has 158 valence electrons. The van der Waals surface area contributed by atoms with Crippen molar-refractivity contribution in [3.05, 3.63) is 70.1 Å². The van der Waals surface area contributed by atoms with Crippen molar-refractivity contribution in [1.82, 2.24) is 19.7 Å². The van der Waals surface area contributed by atoms with Crippen molar-refractivity contribution in [2.24, 2.45) is 0 Å². The van der Waals surface area contributed by atoms with Gasteiger partial charge in [0.05, 0.1) is 29.3 Å². The van der Waals surface area contributed by atoms with Crippen LogP contribution in [0.1, 0.15) is 6.92 Å². The number of hydrogen-bond acceptors (Lipinski definition) is 6. The number of halogens is 1. The molecule has 0 radical (unpaired) electrons. The highest BCUT2D eigenvalue weighted by molar-refractivity contribution is 8.00. The molecule has 4 rings (SSSR count). The molecule has 0 saturated heterocycles. The molecule has 2 aromatic carbocycles. The molecule has 4 aromatic rings. The van der Waals surface area contributed by atoms with Gasteiger partial charge in [0.2, 0.25) is 5.91 Å². The summed E-state index contributed by atoms with van der Waals surface area (Å²) >= 11 is 7.25. The van der Waals surface area contributed by atoms with Gasteiger partial charge in [-0.1, -0.05) is 41.6 Å². The zero-order valence-corrected chi connectivity index (χ0v) is 18.2. The molecule has 10 heteroatoms. The maximum absolute atomic E-state index is 12.6. The Morgan fingerprint density at radius 2 is 2.03 bits per heavy atom. The van der Waals surface area contributed by atoms with Crippen molar-refractivity contribution in [2.45, 2.75) is 17.3 Å². The number of rotatable bonds is 6. The van der Waals surface area contributed by atoms with Gasteiger partial charge in [0.25, 0.3) is 5.56 Å². The maximum Gasteiger partial charge on any atom is 0.262 e. The molecule has 8 nitrogen and oxygen atoms in total. The summed E-state index contributed by atoms with van der Waals surface area (Å²) in [5.41, 5.74) is 1.44. The summed E-state index contributed by atoms with van der Waals surface area (Å²) in [5.74, 6) is 0.262. The molecule has 31 heavy (non-hydrogen) atoms. The van der Waals surface area contributed by atoms with Gasteiger partial charge in [-0.3, -0.25) is 9.59 Å². The van der Waals surface area contributed by atoms with Gasteiger partial charge in [-0.25, -0.2) is 9.67 Å². The van der Waals surface area contributed by atoms with Gasteiger partial charge < -0.3 is 15.0 Å². The van der Waals surface area contributed by atoms with Gasteiger partial charge in [0.1, 0.15) is 11.1 Å². The minimum absolute atomic E-state index is 0.259. The fourth-order valence-electron chi connectivity index (χ4n) is 2.92. The molecule has 0 aliphatic carbocycles. The van der Waals surface area contributed by atoms with Crippen LogP contribution in [0, 0.1) is 0 Å². The van der Waals surface area contributed by atoms with Crippen LogP contribution in [-0.4, -0.2) is 38.0 Å². The summed E-state index contributed by atoms with van der Waals surface area (Å²) < 4.78 is 6.71. The number of benzene rings is 2. The van der Waals surface area contributed by atoms with Gasteiger partial charge in [0.15, 0.2) is 10.8 Å². The number of thioether (sulfide) groups is 1. The van der Waals surface area contributed by atoms with Crippen LogP contribution in [0.25, 0.3) is 16.7 Å². The van der Waals surface area contributed by atoms with Gasteiger partial charge in [0, 0.05) is 5.69 Å². The summed E-state index contributed by atoms with van der Waals surface area (Å²) in [6, 6.07) is 14.4. The van der Waals surface area contributed by atoms with Gasteiger partial charge in [-0.05, 0) is 37.3 Å². The zero-order chi connectivity index (χ0) is 22.0. The summed E-state index contributed by atoms with van der Waals surface area (Å²) in [7, 11) is 1.52. The van der Waals surface area contributed by atoms with Crippen molar-refractivity contribution in [3.63, 3.8) is 0 Å². The highest BCUT2D eigenvalue weighted by Crippen LogP contribution is 2.28. The molecular formula is C21H18ClN5O3S. The number of aromatic nitrogens is 4. The predicted molar refractivity (Wildman–Crippen MR) is 121 cm³/mol. The average molecular weight is 456 g/mol. The number of carbonyl (C=O) groups is 1. The molecular weight excluding hydrogens is 438 g/mol. The standard InChI is InChI=1S/C21H18ClN5O3S/c1-12(19(28)24-13-8-9-17(30-2)16(22)10-13)31-21-25-18-15(20(29)26-21)11-23-27(18)14-6-4-3-5-7-14/h3-12H,1-2H3,(H,24,28)(H,25,26,29)/t12-/m0/s1. The van der Waals surface area contributed by atoms with Gasteiger partial charge >= 0.3 is 0 Å². The predicted octanol–water partition coefficient (Wildman–Crippen LogP) is 3.89. The lowest BCUT2D eigenvalue weighted by atomic mass is 10.3. The van der Waals surface area contributed by atoms with E-state index in [1.54, 1.807) is 29.8 Å². The topological polar surface area (TPSA) is 102 Å². The number of para-hydroxylation sites is 1. The Bertz CT molecular complexity index is 1310. The minimum atomic E-state index is -0.533. The number of anilines is 1. The number of fused-ring (bicyclic) bond motifs is 1. The molecule has 0 saturated carbocycles. The second kappa shape index (κ2) is 8.83. The Morgan fingerprint density at radius 3 is 2.74 bits per heavy atom. The van der Waals surface area contributed by atoms with E-state index in [1.165, 1.54) is 13.3 Å². The second-order valence-electron chi connectivity index (χ2n) is 6.60. The quantitative estimate of drug-likeness (QED) is 0.338. The molecule has 0 fully saturated rings. The molecule has 1 atom stereocenters. The highest BCUT2D eigenvalue weighted by Gasteiger charge is 2.19. The largest absolute Gasteiger partial charge is 0.495 e. The van der Waals surface area contributed by atoms with Crippen LogP contribution in [0.2, 0.25) is 5.02 Å². The molecule has 0 aliphatic rings. The lowest BCUT2D eigenvalue weighted by Crippen LogP contribution is -2.23. The van der Waals surface area contributed by atoms with Crippen LogP contribution in [-0.2, 0) is 4.79 Å². The number of carbonyl (C=O) groups excluding carboxylic acids is 1. The SMILES string of the molecule is COc1ccc(NC(=O)[C@H](C)Sc2nc3c(cnn3-c3ccccc3)c(=O)[nH]2)cc1Cl. The number of nitrogens with one attached hydrogen (secondary N) is 2. The first-order valence-corrected chi connectivity index (χ1v) is 10.6. The third kappa shape index (κ3) is 4.42. The lowest BCUT2D eigenvalue weighted by molar-refractivity contribution is -0.115. The first kappa shape index (κ1) is 21.0. The van der Waals surface area contributed by atoms with Crippen LogP contribution in [0.5, 0.6) is 5.75 Å². The lowest BCUT2D eigenvalue weighted by Gasteiger charge is -2.12. The number of aromatic amines is 1. The molecule has 2 N–H and O–H groups in total. The smallest absolute Gasteiger partial charge is 0.262 e. The summed E-state index contributed by atoms with van der Waals surface area (Å²) in [4.78, 5) is 32.4. The van der Waals surface area contributed by atoms with E-state index in [0.717, 1.165) is 17.4 Å². The van der Waals surface area contributed by atoms with Crippen molar-refractivity contribution >= 4 is 46.0 Å². The average Bonchev–Trinajstić information content (AvgIpc) is 3.19.